The zero-order valence-corrected chi connectivity index (χ0v) is 12.3. The monoisotopic (exact) mass is 270 g/mol. The summed E-state index contributed by atoms with van der Waals surface area (Å²) in [5, 5.41) is 6.61. The zero-order chi connectivity index (χ0) is 13.5. The molecule has 0 saturated heterocycles. The van der Waals surface area contributed by atoms with Gasteiger partial charge >= 0.3 is 0 Å². The van der Waals surface area contributed by atoms with E-state index in [1.54, 1.807) is 6.26 Å². The Morgan fingerprint density at radius 1 is 1.33 bits per heavy atom. The Hall–Kier alpha value is -1.17. The lowest BCUT2D eigenvalue weighted by Crippen LogP contribution is -2.15. The molecule has 2 N–H and O–H groups in total. The highest BCUT2D eigenvalue weighted by molar-refractivity contribution is 7.84. The number of hydrogen-bond donors (Lipinski definition) is 2. The summed E-state index contributed by atoms with van der Waals surface area (Å²) in [6, 6.07) is 1.89. The van der Waals surface area contributed by atoms with Crippen molar-refractivity contribution in [3.05, 3.63) is 11.9 Å². The topological polar surface area (TPSA) is 66.9 Å². The Kier molecular flexibility index (Phi) is 6.04. The molecule has 0 bridgehead atoms. The molecule has 0 radical (unpaired) electrons. The molecule has 0 amide bonds. The normalized spacial score (nSPS) is 14.0. The number of aromatic nitrogens is 2. The standard InChI is InChI=1S/C12H22N4OS/c1-5-13-11-8-12(16-10(3)15-11)14-7-6-9(2)18(4)17/h8-9H,5-7H2,1-4H3,(H2,13,14,15,16). The van der Waals surface area contributed by atoms with E-state index >= 15 is 0 Å². The summed E-state index contributed by atoms with van der Waals surface area (Å²) < 4.78 is 11.2. The first-order valence-corrected chi connectivity index (χ1v) is 7.80. The van der Waals surface area contributed by atoms with E-state index in [4.69, 9.17) is 0 Å². The highest BCUT2D eigenvalue weighted by atomic mass is 32.2. The van der Waals surface area contributed by atoms with Crippen LogP contribution in [0.3, 0.4) is 0 Å². The molecule has 2 atom stereocenters. The van der Waals surface area contributed by atoms with E-state index in [9.17, 15) is 4.21 Å². The molecule has 5 nitrogen and oxygen atoms in total. The lowest BCUT2D eigenvalue weighted by atomic mass is 10.3. The zero-order valence-electron chi connectivity index (χ0n) is 11.5. The summed E-state index contributed by atoms with van der Waals surface area (Å²) >= 11 is 0. The molecule has 0 fully saturated rings. The molecule has 0 saturated carbocycles. The molecule has 18 heavy (non-hydrogen) atoms. The van der Waals surface area contributed by atoms with E-state index in [1.165, 1.54) is 0 Å². The van der Waals surface area contributed by atoms with Crippen LogP contribution in [0.15, 0.2) is 6.07 Å². The third-order valence-electron chi connectivity index (χ3n) is 2.62. The SMILES string of the molecule is CCNc1cc(NCCC(C)S(C)=O)nc(C)n1. The average Bonchev–Trinajstić information content (AvgIpc) is 2.28. The second kappa shape index (κ2) is 7.31. The minimum absolute atomic E-state index is 0.202. The van der Waals surface area contributed by atoms with Crippen molar-refractivity contribution in [1.82, 2.24) is 9.97 Å². The summed E-state index contributed by atoms with van der Waals surface area (Å²) in [4.78, 5) is 8.60. The van der Waals surface area contributed by atoms with Gasteiger partial charge in [0.2, 0.25) is 0 Å². The lowest BCUT2D eigenvalue weighted by molar-refractivity contribution is 0.672. The van der Waals surface area contributed by atoms with Gasteiger partial charge in [0.05, 0.1) is 0 Å². The van der Waals surface area contributed by atoms with E-state index < -0.39 is 10.8 Å². The number of nitrogens with zero attached hydrogens (tertiary/aromatic N) is 2. The smallest absolute Gasteiger partial charge is 0.131 e. The van der Waals surface area contributed by atoms with Gasteiger partial charge < -0.3 is 10.6 Å². The largest absolute Gasteiger partial charge is 0.370 e. The Balaban J connectivity index is 2.53. The summed E-state index contributed by atoms with van der Waals surface area (Å²) in [6.07, 6.45) is 2.60. The molecular formula is C12H22N4OS. The van der Waals surface area contributed by atoms with Crippen LogP contribution in [-0.4, -0.2) is 38.8 Å². The first kappa shape index (κ1) is 14.9. The predicted molar refractivity (Wildman–Crippen MR) is 77.6 cm³/mol. The average molecular weight is 270 g/mol. The van der Waals surface area contributed by atoms with E-state index in [0.29, 0.717) is 0 Å². The number of aryl methyl sites for hydroxylation is 1. The fraction of sp³-hybridized carbons (Fsp3) is 0.667. The maximum atomic E-state index is 11.2. The summed E-state index contributed by atoms with van der Waals surface area (Å²) in [5.74, 6) is 2.38. The molecule has 6 heteroatoms. The molecule has 0 aliphatic carbocycles. The van der Waals surface area contributed by atoms with Crippen molar-refractivity contribution in [1.29, 1.82) is 0 Å². The summed E-state index contributed by atoms with van der Waals surface area (Å²) in [6.45, 7) is 7.50. The van der Waals surface area contributed by atoms with Crippen LogP contribution in [-0.2, 0) is 10.8 Å². The Morgan fingerprint density at radius 2 is 1.94 bits per heavy atom. The molecule has 1 aromatic heterocycles. The number of rotatable bonds is 7. The first-order chi connectivity index (χ1) is 8.52. The number of hydrogen-bond acceptors (Lipinski definition) is 5. The third-order valence-corrected chi connectivity index (χ3v) is 3.99. The summed E-state index contributed by atoms with van der Waals surface area (Å²) in [7, 11) is -0.765. The van der Waals surface area contributed by atoms with Gasteiger partial charge in [-0.3, -0.25) is 4.21 Å². The molecule has 0 aromatic carbocycles. The van der Waals surface area contributed by atoms with Crippen LogP contribution >= 0.6 is 0 Å². The van der Waals surface area contributed by atoms with Crippen molar-refractivity contribution >= 4 is 22.4 Å². The van der Waals surface area contributed by atoms with Crippen LogP contribution in [0.5, 0.6) is 0 Å². The van der Waals surface area contributed by atoms with Crippen LogP contribution in [0.2, 0.25) is 0 Å². The fourth-order valence-electron chi connectivity index (χ4n) is 1.50. The quantitative estimate of drug-likeness (QED) is 0.790. The van der Waals surface area contributed by atoms with Crippen molar-refractivity contribution in [2.24, 2.45) is 0 Å². The van der Waals surface area contributed by atoms with Gasteiger partial charge in [0.15, 0.2) is 0 Å². The molecule has 1 rings (SSSR count). The second-order valence-electron chi connectivity index (χ2n) is 4.24. The molecule has 1 aromatic rings. The minimum Gasteiger partial charge on any atom is -0.370 e. The molecule has 0 aliphatic heterocycles. The minimum atomic E-state index is -0.765. The van der Waals surface area contributed by atoms with Crippen LogP contribution in [0.1, 0.15) is 26.1 Å². The Bertz CT molecular complexity index is 411. The van der Waals surface area contributed by atoms with Crippen molar-refractivity contribution in [3.8, 4) is 0 Å². The van der Waals surface area contributed by atoms with E-state index in [0.717, 1.165) is 37.0 Å². The first-order valence-electron chi connectivity index (χ1n) is 6.18. The maximum Gasteiger partial charge on any atom is 0.131 e. The highest BCUT2D eigenvalue weighted by Gasteiger charge is 2.06. The van der Waals surface area contributed by atoms with Crippen LogP contribution in [0.4, 0.5) is 11.6 Å². The molecule has 102 valence electrons. The van der Waals surface area contributed by atoms with Gasteiger partial charge in [-0.25, -0.2) is 9.97 Å². The van der Waals surface area contributed by atoms with Crippen molar-refractivity contribution in [2.45, 2.75) is 32.4 Å². The summed E-state index contributed by atoms with van der Waals surface area (Å²) in [5.41, 5.74) is 0. The fourth-order valence-corrected chi connectivity index (χ4v) is 1.95. The van der Waals surface area contributed by atoms with E-state index in [1.807, 2.05) is 26.8 Å². The molecule has 0 spiro atoms. The van der Waals surface area contributed by atoms with Gasteiger partial charge in [-0.15, -0.1) is 0 Å². The second-order valence-corrected chi connectivity index (χ2v) is 6.04. The van der Waals surface area contributed by atoms with E-state index in [-0.39, 0.29) is 5.25 Å². The van der Waals surface area contributed by atoms with Crippen LogP contribution < -0.4 is 10.6 Å². The predicted octanol–water partition coefficient (Wildman–Crippen LogP) is 1.79. The Labute approximate surface area is 111 Å². The highest BCUT2D eigenvalue weighted by Crippen LogP contribution is 2.11. The van der Waals surface area contributed by atoms with Gasteiger partial charge in [-0.1, -0.05) is 6.92 Å². The van der Waals surface area contributed by atoms with Crippen molar-refractivity contribution < 1.29 is 4.21 Å². The Morgan fingerprint density at radius 3 is 2.50 bits per heavy atom. The van der Waals surface area contributed by atoms with Crippen LogP contribution in [0, 0.1) is 6.92 Å². The number of nitrogens with one attached hydrogen (secondary N) is 2. The van der Waals surface area contributed by atoms with Gasteiger partial charge in [-0.2, -0.15) is 0 Å². The molecular weight excluding hydrogens is 248 g/mol. The van der Waals surface area contributed by atoms with Crippen molar-refractivity contribution in [2.75, 3.05) is 30.0 Å². The van der Waals surface area contributed by atoms with Crippen molar-refractivity contribution in [3.63, 3.8) is 0 Å². The van der Waals surface area contributed by atoms with E-state index in [2.05, 4.69) is 20.6 Å². The molecule has 1 heterocycles. The van der Waals surface area contributed by atoms with Gasteiger partial charge in [-0.05, 0) is 20.3 Å². The van der Waals surface area contributed by atoms with Crippen LogP contribution in [0.25, 0.3) is 0 Å². The van der Waals surface area contributed by atoms with Gasteiger partial charge in [0, 0.05) is 41.5 Å². The third kappa shape index (κ3) is 5.00. The molecule has 0 aliphatic rings. The maximum absolute atomic E-state index is 11.2. The van der Waals surface area contributed by atoms with Gasteiger partial charge in [0.25, 0.3) is 0 Å². The lowest BCUT2D eigenvalue weighted by Gasteiger charge is -2.11. The molecule has 2 unspecified atom stereocenters. The number of anilines is 2. The van der Waals surface area contributed by atoms with Gasteiger partial charge in [0.1, 0.15) is 17.5 Å².